The number of anilines is 1. The Kier molecular flexibility index (Phi) is 6.32. The first-order valence-electron chi connectivity index (χ1n) is 10.3. The Hall–Kier alpha value is -3.52. The fourth-order valence-corrected chi connectivity index (χ4v) is 3.67. The van der Waals surface area contributed by atoms with E-state index in [4.69, 9.17) is 21.1 Å². The molecule has 166 valence electrons. The zero-order chi connectivity index (χ0) is 22.7. The molecule has 8 nitrogen and oxygen atoms in total. The van der Waals surface area contributed by atoms with Gasteiger partial charge in [-0.25, -0.2) is 14.5 Å². The minimum absolute atomic E-state index is 0.138. The number of rotatable bonds is 7. The summed E-state index contributed by atoms with van der Waals surface area (Å²) in [6.07, 6.45) is 1.25. The highest BCUT2D eigenvalue weighted by Gasteiger charge is 2.15. The van der Waals surface area contributed by atoms with Crippen LogP contribution in [0.15, 0.2) is 48.8 Å². The van der Waals surface area contributed by atoms with Crippen molar-refractivity contribution in [1.82, 2.24) is 19.3 Å². The number of hydrogen-bond donors (Lipinski definition) is 1. The Bertz CT molecular complexity index is 1260. The van der Waals surface area contributed by atoms with Crippen LogP contribution in [0.4, 0.5) is 10.6 Å². The summed E-state index contributed by atoms with van der Waals surface area (Å²) in [4.78, 5) is 16.8. The van der Waals surface area contributed by atoms with Crippen LogP contribution in [0.5, 0.6) is 5.75 Å². The molecular weight excluding hydrogens is 430 g/mol. The van der Waals surface area contributed by atoms with Crippen LogP contribution in [0.1, 0.15) is 19.4 Å². The highest BCUT2D eigenvalue weighted by molar-refractivity contribution is 6.30. The van der Waals surface area contributed by atoms with Crippen molar-refractivity contribution in [2.24, 2.45) is 0 Å². The second kappa shape index (κ2) is 9.32. The number of imidazole rings is 1. The largest absolute Gasteiger partial charge is 0.496 e. The Morgan fingerprint density at radius 2 is 1.97 bits per heavy atom. The highest BCUT2D eigenvalue weighted by Crippen LogP contribution is 2.33. The van der Waals surface area contributed by atoms with Crippen molar-refractivity contribution in [2.75, 3.05) is 12.4 Å². The van der Waals surface area contributed by atoms with Crippen molar-refractivity contribution < 1.29 is 14.3 Å². The van der Waals surface area contributed by atoms with Crippen molar-refractivity contribution in [1.29, 1.82) is 0 Å². The van der Waals surface area contributed by atoms with E-state index in [1.165, 1.54) is 0 Å². The molecule has 4 aromatic rings. The van der Waals surface area contributed by atoms with Crippen LogP contribution in [-0.4, -0.2) is 32.5 Å². The van der Waals surface area contributed by atoms with Crippen LogP contribution in [-0.2, 0) is 24.4 Å². The molecule has 4 rings (SSSR count). The predicted molar refractivity (Wildman–Crippen MR) is 124 cm³/mol. The predicted octanol–water partition coefficient (Wildman–Crippen LogP) is 5.35. The molecule has 0 spiro atoms. The van der Waals surface area contributed by atoms with Gasteiger partial charge in [0.1, 0.15) is 18.2 Å². The first kappa shape index (κ1) is 21.7. The number of benzene rings is 2. The summed E-state index contributed by atoms with van der Waals surface area (Å²) >= 11 is 6.06. The number of nitrogens with zero attached hydrogens (tertiary/aromatic N) is 4. The topological polar surface area (TPSA) is 83.2 Å². The summed E-state index contributed by atoms with van der Waals surface area (Å²) < 4.78 is 14.6. The summed E-state index contributed by atoms with van der Waals surface area (Å²) in [6.45, 7) is 5.57. The van der Waals surface area contributed by atoms with Gasteiger partial charge in [-0.05, 0) is 49.7 Å². The fraction of sp³-hybridized carbons (Fsp3) is 0.261. The maximum Gasteiger partial charge on any atom is 0.413 e. The molecule has 1 amide bonds. The van der Waals surface area contributed by atoms with E-state index in [-0.39, 0.29) is 6.61 Å². The number of nitrogens with one attached hydrogen (secondary N) is 1. The molecule has 32 heavy (non-hydrogen) atoms. The van der Waals surface area contributed by atoms with E-state index in [0.29, 0.717) is 28.8 Å². The van der Waals surface area contributed by atoms with E-state index in [2.05, 4.69) is 26.9 Å². The lowest BCUT2D eigenvalue weighted by Crippen LogP contribution is -2.16. The maximum absolute atomic E-state index is 12.4. The van der Waals surface area contributed by atoms with Gasteiger partial charge in [-0.15, -0.1) is 0 Å². The second-order valence-electron chi connectivity index (χ2n) is 7.13. The average molecular weight is 454 g/mol. The number of carbonyl (C=O) groups excluding carboxylic acids is 1. The first-order chi connectivity index (χ1) is 15.5. The quantitative estimate of drug-likeness (QED) is 0.407. The molecule has 0 aliphatic rings. The third-order valence-corrected chi connectivity index (χ3v) is 5.38. The van der Waals surface area contributed by atoms with E-state index in [1.807, 2.05) is 31.2 Å². The molecule has 9 heteroatoms. The van der Waals surface area contributed by atoms with Crippen molar-refractivity contribution in [2.45, 2.75) is 33.5 Å². The van der Waals surface area contributed by atoms with Gasteiger partial charge in [0.05, 0.1) is 30.2 Å². The highest BCUT2D eigenvalue weighted by atomic mass is 35.5. The number of aryl methyl sites for hydroxylation is 2. The summed E-state index contributed by atoms with van der Waals surface area (Å²) in [5, 5.41) is 7.91. The van der Waals surface area contributed by atoms with Gasteiger partial charge < -0.3 is 14.0 Å². The van der Waals surface area contributed by atoms with Gasteiger partial charge in [0.2, 0.25) is 0 Å². The van der Waals surface area contributed by atoms with Gasteiger partial charge in [0.25, 0.3) is 0 Å². The summed E-state index contributed by atoms with van der Waals surface area (Å²) in [6, 6.07) is 13.0. The summed E-state index contributed by atoms with van der Waals surface area (Å²) in [7, 11) is 1.58. The molecule has 0 unspecified atom stereocenters. The average Bonchev–Trinajstić information content (AvgIpc) is 3.40. The Balaban J connectivity index is 1.46. The van der Waals surface area contributed by atoms with E-state index in [9.17, 15) is 4.79 Å². The third kappa shape index (κ3) is 4.40. The van der Waals surface area contributed by atoms with Crippen molar-refractivity contribution in [3.05, 3.63) is 59.4 Å². The maximum atomic E-state index is 12.4. The van der Waals surface area contributed by atoms with E-state index in [0.717, 1.165) is 28.7 Å². The zero-order valence-electron chi connectivity index (χ0n) is 18.1. The molecule has 0 saturated heterocycles. The number of methoxy groups -OCH3 is 1. The monoisotopic (exact) mass is 453 g/mol. The minimum atomic E-state index is -0.562. The van der Waals surface area contributed by atoms with E-state index < -0.39 is 6.09 Å². The van der Waals surface area contributed by atoms with E-state index >= 15 is 0 Å². The molecule has 0 atom stereocenters. The number of carbonyl (C=O) groups is 1. The lowest BCUT2D eigenvalue weighted by atomic mass is 10.1. The minimum Gasteiger partial charge on any atom is -0.496 e. The van der Waals surface area contributed by atoms with Crippen LogP contribution in [0.3, 0.4) is 0 Å². The second-order valence-corrected chi connectivity index (χ2v) is 7.57. The van der Waals surface area contributed by atoms with Crippen molar-refractivity contribution >= 4 is 34.5 Å². The molecule has 0 bridgehead atoms. The Morgan fingerprint density at radius 3 is 2.72 bits per heavy atom. The lowest BCUT2D eigenvalue weighted by Gasteiger charge is -2.08. The van der Waals surface area contributed by atoms with Gasteiger partial charge in [0.15, 0.2) is 0 Å². The standard InChI is InChI=1S/C23H24ClN5O3/c1-4-28-14-25-19-10-15(6-9-20(19)28)13-32-23(30)26-22-12-18(27-29(22)5-2)17-8-7-16(24)11-21(17)31-3/h6-12,14H,4-5,13H2,1-3H3,(H,26,30). The van der Waals surface area contributed by atoms with Gasteiger partial charge in [0, 0.05) is 29.7 Å². The van der Waals surface area contributed by atoms with Crippen LogP contribution in [0, 0.1) is 0 Å². The number of amides is 1. The van der Waals surface area contributed by atoms with Gasteiger partial charge in [-0.1, -0.05) is 17.7 Å². The molecule has 0 aliphatic carbocycles. The fourth-order valence-electron chi connectivity index (χ4n) is 3.51. The molecular formula is C23H24ClN5O3. The van der Waals surface area contributed by atoms with Crippen molar-refractivity contribution in [3.63, 3.8) is 0 Å². The first-order valence-corrected chi connectivity index (χ1v) is 10.7. The van der Waals surface area contributed by atoms with Gasteiger partial charge >= 0.3 is 6.09 Å². The lowest BCUT2D eigenvalue weighted by molar-refractivity contribution is 0.155. The Morgan fingerprint density at radius 1 is 1.12 bits per heavy atom. The molecule has 2 heterocycles. The summed E-state index contributed by atoms with van der Waals surface area (Å²) in [5.41, 5.74) is 4.23. The number of halogens is 1. The number of aromatic nitrogens is 4. The number of hydrogen-bond acceptors (Lipinski definition) is 5. The molecule has 0 radical (unpaired) electrons. The van der Waals surface area contributed by atoms with Crippen molar-refractivity contribution in [3.8, 4) is 17.0 Å². The van der Waals surface area contributed by atoms with Crippen LogP contribution >= 0.6 is 11.6 Å². The van der Waals surface area contributed by atoms with Crippen LogP contribution < -0.4 is 10.1 Å². The van der Waals surface area contributed by atoms with Gasteiger partial charge in [-0.2, -0.15) is 5.10 Å². The number of fused-ring (bicyclic) bond motifs is 1. The molecule has 0 aliphatic heterocycles. The van der Waals surface area contributed by atoms with E-state index in [1.54, 1.807) is 36.3 Å². The number of ether oxygens (including phenoxy) is 2. The normalized spacial score (nSPS) is 11.0. The molecule has 0 saturated carbocycles. The summed E-state index contributed by atoms with van der Waals surface area (Å²) in [5.74, 6) is 1.13. The smallest absolute Gasteiger partial charge is 0.413 e. The van der Waals surface area contributed by atoms with Crippen LogP contribution in [0.25, 0.3) is 22.3 Å². The molecule has 1 N–H and O–H groups in total. The molecule has 0 fully saturated rings. The van der Waals surface area contributed by atoms with Gasteiger partial charge in [-0.3, -0.25) is 5.32 Å². The SMILES string of the molecule is CCn1nc(-c2ccc(Cl)cc2OC)cc1NC(=O)OCc1ccc2c(c1)ncn2CC. The molecule has 2 aromatic heterocycles. The zero-order valence-corrected chi connectivity index (χ0v) is 18.9. The molecule has 2 aromatic carbocycles. The van der Waals surface area contributed by atoms with Crippen LogP contribution in [0.2, 0.25) is 5.02 Å². The third-order valence-electron chi connectivity index (χ3n) is 5.15. The Labute approximate surface area is 190 Å².